The van der Waals surface area contributed by atoms with Crippen molar-refractivity contribution in [2.24, 2.45) is 0 Å². The van der Waals surface area contributed by atoms with Crippen molar-refractivity contribution in [1.29, 1.82) is 0 Å². The molecule has 1 aliphatic carbocycles. The number of hydrogen-bond donors (Lipinski definition) is 2. The lowest BCUT2D eigenvalue weighted by Crippen LogP contribution is -2.67. The molecule has 4 aliphatic rings. The van der Waals surface area contributed by atoms with Crippen molar-refractivity contribution in [2.45, 2.75) is 89.4 Å². The molecule has 2 amide bonds. The zero-order chi connectivity index (χ0) is 40.3. The second kappa shape index (κ2) is 13.0. The Morgan fingerprint density at radius 1 is 1.07 bits per heavy atom. The van der Waals surface area contributed by atoms with Gasteiger partial charge >= 0.3 is 6.18 Å². The smallest absolute Gasteiger partial charge is 0.416 e. The molecule has 0 unspecified atom stereocenters. The minimum Gasteiger partial charge on any atom is -0.504 e. The molecule has 1 saturated carbocycles. The molecular formula is C39H37ClF3N9O5. The van der Waals surface area contributed by atoms with E-state index in [2.05, 4.69) is 15.3 Å². The number of nitrogens with one attached hydrogen (secondary N) is 1. The van der Waals surface area contributed by atoms with Crippen LogP contribution in [-0.4, -0.2) is 76.1 Å². The number of alkyl halides is 3. The molecule has 3 aliphatic heterocycles. The van der Waals surface area contributed by atoms with Gasteiger partial charge in [-0.1, -0.05) is 30.7 Å². The van der Waals surface area contributed by atoms with Crippen LogP contribution in [0.5, 0.6) is 5.75 Å². The molecule has 2 aromatic carbocycles. The van der Waals surface area contributed by atoms with Crippen molar-refractivity contribution in [2.75, 3.05) is 23.3 Å². The lowest BCUT2D eigenvalue weighted by molar-refractivity contribution is -0.137. The first-order valence-electron chi connectivity index (χ1n) is 18.6. The van der Waals surface area contributed by atoms with Crippen LogP contribution in [0.25, 0.3) is 17.2 Å². The standard InChI is InChI=1S/C39H37ClF3N9O5/c1-18-13-28(34(54)46-25-8-6-22(15-24(25)40)39(41,42)43)51-30(18)31(49-11-12-50(27-10-9-26(27)49)35(55)29-32(53)19(2)44-17-45-29)36(56)52-37(51)47-33(48-52)20-5-7-23-21(14-20)16-57-38(23,3)4/h5-8,14-15,17-18,26-28,53H,9-13,16H2,1-4H3,(H,46,54)/t18-,26-,27-,28+/m0/s1. The van der Waals surface area contributed by atoms with Crippen LogP contribution in [0, 0.1) is 6.92 Å². The SMILES string of the molecule is Cc1ncnc(C(=O)N2CCN(c3c4n(c5nc(-c6ccc7c(c6)COC7(C)C)nn5c3=O)[C@@H](C(=O)Nc3ccc(C(F)(F)F)cc3Cl)C[C@@H]4C)[C@H]3CC[C@@H]32)c1O. The summed E-state index contributed by atoms with van der Waals surface area (Å²) in [6.07, 6.45) is -1.82. The highest BCUT2D eigenvalue weighted by atomic mass is 35.5. The van der Waals surface area contributed by atoms with Gasteiger partial charge < -0.3 is 25.0 Å². The lowest BCUT2D eigenvalue weighted by Gasteiger charge is -2.54. The van der Waals surface area contributed by atoms with E-state index in [1.165, 1.54) is 10.8 Å². The van der Waals surface area contributed by atoms with Gasteiger partial charge in [0.05, 0.1) is 45.9 Å². The maximum absolute atomic E-state index is 14.8. The first kappa shape index (κ1) is 37.1. The summed E-state index contributed by atoms with van der Waals surface area (Å²) in [6, 6.07) is 6.96. The highest BCUT2D eigenvalue weighted by Crippen LogP contribution is 2.46. The Labute approximate surface area is 328 Å². The summed E-state index contributed by atoms with van der Waals surface area (Å²) in [7, 11) is 0. The van der Waals surface area contributed by atoms with Crippen molar-refractivity contribution in [3.8, 4) is 17.1 Å². The number of benzene rings is 2. The molecule has 4 atom stereocenters. The van der Waals surface area contributed by atoms with Gasteiger partial charge in [0.2, 0.25) is 11.7 Å². The molecule has 0 radical (unpaired) electrons. The summed E-state index contributed by atoms with van der Waals surface area (Å²) in [5.74, 6) is -1.23. The zero-order valence-electron chi connectivity index (χ0n) is 31.3. The third-order valence-electron chi connectivity index (χ3n) is 11.9. The van der Waals surface area contributed by atoms with Gasteiger partial charge in [-0.15, -0.1) is 5.10 Å². The van der Waals surface area contributed by atoms with Gasteiger partial charge in [0.15, 0.2) is 17.3 Å². The number of aryl methyl sites for hydroxylation is 1. The highest BCUT2D eigenvalue weighted by molar-refractivity contribution is 6.33. The number of aromatic nitrogens is 6. The number of anilines is 2. The van der Waals surface area contributed by atoms with Crippen LogP contribution in [0.4, 0.5) is 24.5 Å². The van der Waals surface area contributed by atoms with Gasteiger partial charge in [0.1, 0.15) is 18.1 Å². The molecule has 6 heterocycles. The van der Waals surface area contributed by atoms with Crippen LogP contribution in [0.15, 0.2) is 47.5 Å². The molecule has 57 heavy (non-hydrogen) atoms. The van der Waals surface area contributed by atoms with E-state index in [0.717, 1.165) is 29.3 Å². The number of halogens is 4. The molecule has 18 heteroatoms. The topological polar surface area (TPSA) is 160 Å². The Hall–Kier alpha value is -5.55. The Balaban J connectivity index is 1.14. The molecule has 1 saturated heterocycles. The number of hydrogen-bond acceptors (Lipinski definition) is 10. The zero-order valence-corrected chi connectivity index (χ0v) is 32.0. The maximum atomic E-state index is 14.8. The first-order valence-corrected chi connectivity index (χ1v) is 19.0. The van der Waals surface area contributed by atoms with E-state index in [1.54, 1.807) is 16.4 Å². The quantitative estimate of drug-likeness (QED) is 0.217. The predicted molar refractivity (Wildman–Crippen MR) is 201 cm³/mol. The highest BCUT2D eigenvalue weighted by Gasteiger charge is 2.49. The number of piperazine rings is 1. The van der Waals surface area contributed by atoms with Gasteiger partial charge in [-0.2, -0.15) is 22.7 Å². The third-order valence-corrected chi connectivity index (χ3v) is 12.2. The minimum atomic E-state index is -4.62. The summed E-state index contributed by atoms with van der Waals surface area (Å²) in [5.41, 5.74) is 1.87. The van der Waals surface area contributed by atoms with Crippen molar-refractivity contribution < 1.29 is 32.6 Å². The number of amides is 2. The summed E-state index contributed by atoms with van der Waals surface area (Å²) in [6.45, 7) is 8.34. The average molecular weight is 804 g/mol. The van der Waals surface area contributed by atoms with Crippen LogP contribution >= 0.6 is 11.6 Å². The Morgan fingerprint density at radius 3 is 2.56 bits per heavy atom. The summed E-state index contributed by atoms with van der Waals surface area (Å²) in [5, 5.41) is 17.8. The van der Waals surface area contributed by atoms with Gasteiger partial charge in [-0.05, 0) is 75.4 Å². The van der Waals surface area contributed by atoms with E-state index in [0.29, 0.717) is 36.4 Å². The molecule has 296 valence electrons. The second-order valence-electron chi connectivity index (χ2n) is 15.6. The van der Waals surface area contributed by atoms with Crippen LogP contribution in [0.2, 0.25) is 5.02 Å². The summed E-state index contributed by atoms with van der Waals surface area (Å²) in [4.78, 5) is 59.4. The Bertz CT molecular complexity index is 2590. The predicted octanol–water partition coefficient (Wildman–Crippen LogP) is 5.98. The van der Waals surface area contributed by atoms with Gasteiger partial charge in [0, 0.05) is 30.6 Å². The van der Waals surface area contributed by atoms with Crippen molar-refractivity contribution in [3.05, 3.63) is 91.9 Å². The second-order valence-corrected chi connectivity index (χ2v) is 16.0. The molecule has 2 fully saturated rings. The fourth-order valence-electron chi connectivity index (χ4n) is 8.79. The number of rotatable bonds is 5. The summed E-state index contributed by atoms with van der Waals surface area (Å²) < 4.78 is 49.1. The minimum absolute atomic E-state index is 0.00140. The third kappa shape index (κ3) is 5.84. The van der Waals surface area contributed by atoms with Crippen molar-refractivity contribution >= 4 is 40.6 Å². The van der Waals surface area contributed by atoms with Crippen molar-refractivity contribution in [3.63, 3.8) is 0 Å². The Kier molecular flexibility index (Phi) is 8.44. The van der Waals surface area contributed by atoms with E-state index in [9.17, 15) is 32.7 Å². The van der Waals surface area contributed by atoms with E-state index < -0.39 is 40.8 Å². The molecule has 0 spiro atoms. The molecular weight excluding hydrogens is 767 g/mol. The lowest BCUT2D eigenvalue weighted by atomic mass is 9.81. The molecule has 5 aromatic rings. The molecule has 3 aromatic heterocycles. The fourth-order valence-corrected chi connectivity index (χ4v) is 9.01. The molecule has 2 N–H and O–H groups in total. The number of carbonyl (C=O) groups is 2. The normalized spacial score (nSPS) is 22.2. The van der Waals surface area contributed by atoms with E-state index in [-0.39, 0.29) is 77.0 Å². The number of fused-ring (bicyclic) bond motifs is 5. The van der Waals surface area contributed by atoms with Gasteiger partial charge in [0.25, 0.3) is 11.5 Å². The van der Waals surface area contributed by atoms with E-state index in [4.69, 9.17) is 26.4 Å². The maximum Gasteiger partial charge on any atom is 0.416 e. The number of nitrogens with zero attached hydrogens (tertiary/aromatic N) is 8. The van der Waals surface area contributed by atoms with Crippen LogP contribution in [0.3, 0.4) is 0 Å². The molecule has 0 bridgehead atoms. The monoisotopic (exact) mass is 803 g/mol. The average Bonchev–Trinajstić information content (AvgIpc) is 3.83. The Morgan fingerprint density at radius 2 is 1.84 bits per heavy atom. The van der Waals surface area contributed by atoms with Gasteiger partial charge in [-0.25, -0.2) is 9.97 Å². The number of ether oxygens (including phenoxy) is 1. The van der Waals surface area contributed by atoms with Gasteiger partial charge in [-0.3, -0.25) is 19.0 Å². The van der Waals surface area contributed by atoms with E-state index in [1.807, 2.05) is 43.9 Å². The van der Waals surface area contributed by atoms with Crippen molar-refractivity contribution in [1.82, 2.24) is 34.0 Å². The molecule has 14 nitrogen and oxygen atoms in total. The molecule has 9 rings (SSSR count). The first-order chi connectivity index (χ1) is 27.0. The largest absolute Gasteiger partial charge is 0.504 e. The van der Waals surface area contributed by atoms with E-state index >= 15 is 0 Å². The number of carbonyl (C=O) groups excluding carboxylic acids is 2. The van der Waals surface area contributed by atoms with Crippen LogP contribution in [0.1, 0.15) is 90.6 Å². The number of aromatic hydroxyl groups is 1. The summed E-state index contributed by atoms with van der Waals surface area (Å²) >= 11 is 6.26. The van der Waals surface area contributed by atoms with Crippen LogP contribution in [-0.2, 0) is 27.9 Å². The van der Waals surface area contributed by atoms with Crippen LogP contribution < -0.4 is 15.8 Å². The fraction of sp³-hybridized carbons (Fsp3) is 0.410.